The highest BCUT2D eigenvalue weighted by molar-refractivity contribution is 5.33. The molecule has 6 heteroatoms. The van der Waals surface area contributed by atoms with Crippen molar-refractivity contribution in [2.24, 2.45) is 0 Å². The van der Waals surface area contributed by atoms with E-state index in [1.807, 2.05) is 65.1 Å². The summed E-state index contributed by atoms with van der Waals surface area (Å²) < 4.78 is 4.31. The van der Waals surface area contributed by atoms with Gasteiger partial charge in [0, 0.05) is 75.9 Å². The van der Waals surface area contributed by atoms with Gasteiger partial charge in [-0.25, -0.2) is 9.97 Å². The Kier molecular flexibility index (Phi) is 11.6. The molecule has 2 atom stereocenters. The third-order valence-electron chi connectivity index (χ3n) is 6.65. The van der Waals surface area contributed by atoms with Gasteiger partial charge in [-0.05, 0) is 29.3 Å². The van der Waals surface area contributed by atoms with Gasteiger partial charge in [0.25, 0.3) is 0 Å². The molecular weight excluding hydrogens is 456 g/mol. The van der Waals surface area contributed by atoms with Gasteiger partial charge in [0.2, 0.25) is 0 Å². The molecule has 0 amide bonds. The Morgan fingerprint density at radius 2 is 1.30 bits per heavy atom. The smallest absolute Gasteiger partial charge is 0.0946 e. The van der Waals surface area contributed by atoms with E-state index < -0.39 is 0 Å². The highest BCUT2D eigenvalue weighted by Gasteiger charge is 2.23. The summed E-state index contributed by atoms with van der Waals surface area (Å²) in [6, 6.07) is 17.5. The van der Waals surface area contributed by atoms with E-state index in [0.29, 0.717) is 11.8 Å². The Morgan fingerprint density at radius 3 is 1.89 bits per heavy atom. The van der Waals surface area contributed by atoms with Crippen LogP contribution in [-0.2, 0) is 26.2 Å². The number of rotatable bonds is 4. The molecule has 2 aliphatic rings. The Morgan fingerprint density at radius 1 is 0.757 bits per heavy atom. The number of nitrogens with zero attached hydrogens (tertiary/aromatic N) is 5. The van der Waals surface area contributed by atoms with Crippen LogP contribution in [0.5, 0.6) is 0 Å². The predicted octanol–water partition coefficient (Wildman–Crippen LogP) is 5.93. The monoisotopic (exact) mass is 500 g/mol. The molecule has 6 rings (SSSR count). The minimum Gasteiger partial charge on any atom is -0.337 e. The average molecular weight is 501 g/mol. The quantitative estimate of drug-likeness (QED) is 0.377. The number of hydrogen-bond acceptors (Lipinski definition) is 4. The summed E-state index contributed by atoms with van der Waals surface area (Å²) in [4.78, 5) is 10.6. The molecule has 0 fully saturated rings. The zero-order valence-electron chi connectivity index (χ0n) is 23.2. The highest BCUT2D eigenvalue weighted by Crippen LogP contribution is 2.28. The third kappa shape index (κ3) is 7.88. The first-order valence-corrected chi connectivity index (χ1v) is 13.7. The van der Waals surface area contributed by atoms with Crippen LogP contribution in [0, 0.1) is 0 Å². The van der Waals surface area contributed by atoms with Crippen LogP contribution in [-0.4, -0.2) is 44.1 Å². The first-order valence-electron chi connectivity index (χ1n) is 13.7. The fraction of sp³-hybridized carbons (Fsp3) is 0.419. The van der Waals surface area contributed by atoms with Crippen LogP contribution in [0.3, 0.4) is 0 Å². The topological polar surface area (TPSA) is 50.9 Å². The van der Waals surface area contributed by atoms with Gasteiger partial charge in [-0.3, -0.25) is 0 Å². The minimum atomic E-state index is 0.555. The van der Waals surface area contributed by atoms with E-state index in [4.69, 9.17) is 0 Å². The summed E-state index contributed by atoms with van der Waals surface area (Å²) in [5, 5.41) is 3.47. The largest absolute Gasteiger partial charge is 0.337 e. The van der Waals surface area contributed by atoms with Gasteiger partial charge < -0.3 is 19.4 Å². The number of fused-ring (bicyclic) bond motifs is 2. The molecule has 0 spiro atoms. The number of nitrogens with one attached hydrogen (secondary N) is 1. The molecule has 1 N–H and O–H groups in total. The standard InChI is InChI=1S/C14H17N3.C13H15N3.2C2H6/c1-16-8-12-4-2-3-5-14(12)13(9-16)10-17-7-6-15-11-17;1-2-4-13-11(3-1)7-15-8-12(13)9-16-6-5-14-10-16;2*1-2/h2-7,11,13H,8-10H2,1H3;1-6,10,12,15H,7-9H2;2*1-2H3. The van der Waals surface area contributed by atoms with E-state index in [2.05, 4.69) is 84.9 Å². The molecule has 0 saturated heterocycles. The molecule has 0 aliphatic carbocycles. The SMILES string of the molecule is CC.CC.CN1Cc2ccccc2C(Cn2ccnc2)C1.c1ccc2c(c1)CNCC2Cn1ccnc1. The molecule has 37 heavy (non-hydrogen) atoms. The summed E-state index contributed by atoms with van der Waals surface area (Å²) in [7, 11) is 2.19. The van der Waals surface area contributed by atoms with E-state index >= 15 is 0 Å². The lowest BCUT2D eigenvalue weighted by molar-refractivity contribution is 0.268. The average Bonchev–Trinajstić information content (AvgIpc) is 3.66. The van der Waals surface area contributed by atoms with Crippen molar-refractivity contribution in [1.29, 1.82) is 0 Å². The van der Waals surface area contributed by atoms with Crippen LogP contribution in [0.25, 0.3) is 0 Å². The lowest BCUT2D eigenvalue weighted by Gasteiger charge is -2.32. The third-order valence-corrected chi connectivity index (χ3v) is 6.65. The molecule has 4 aromatic rings. The van der Waals surface area contributed by atoms with Crippen LogP contribution < -0.4 is 5.32 Å². The molecule has 0 saturated carbocycles. The van der Waals surface area contributed by atoms with Gasteiger partial charge in [0.15, 0.2) is 0 Å². The Bertz CT molecular complexity index is 1140. The lowest BCUT2D eigenvalue weighted by Crippen LogP contribution is -2.32. The molecule has 198 valence electrons. The van der Waals surface area contributed by atoms with Crippen molar-refractivity contribution in [1.82, 2.24) is 29.3 Å². The van der Waals surface area contributed by atoms with Gasteiger partial charge in [-0.2, -0.15) is 0 Å². The predicted molar refractivity (Wildman–Crippen MR) is 154 cm³/mol. The molecule has 2 unspecified atom stereocenters. The van der Waals surface area contributed by atoms with Gasteiger partial charge in [-0.15, -0.1) is 0 Å². The number of benzene rings is 2. The molecule has 0 bridgehead atoms. The van der Waals surface area contributed by atoms with E-state index in [0.717, 1.165) is 39.3 Å². The van der Waals surface area contributed by atoms with Crippen LogP contribution in [0.15, 0.2) is 86.0 Å². The van der Waals surface area contributed by atoms with Crippen molar-refractivity contribution in [3.8, 4) is 0 Å². The first kappa shape index (κ1) is 28.4. The molecule has 2 aliphatic heterocycles. The van der Waals surface area contributed by atoms with Gasteiger partial charge in [0.05, 0.1) is 12.7 Å². The normalized spacial score (nSPS) is 18.0. The maximum atomic E-state index is 4.11. The zero-order chi connectivity index (χ0) is 26.5. The Balaban J connectivity index is 0.000000182. The molecule has 4 heterocycles. The van der Waals surface area contributed by atoms with Crippen molar-refractivity contribution in [3.63, 3.8) is 0 Å². The molecule has 2 aromatic heterocycles. The maximum Gasteiger partial charge on any atom is 0.0946 e. The van der Waals surface area contributed by atoms with E-state index in [9.17, 15) is 0 Å². The van der Waals surface area contributed by atoms with Crippen molar-refractivity contribution in [2.75, 3.05) is 20.1 Å². The summed E-state index contributed by atoms with van der Waals surface area (Å²) in [5.41, 5.74) is 5.87. The van der Waals surface area contributed by atoms with Crippen LogP contribution >= 0.6 is 0 Å². The van der Waals surface area contributed by atoms with Crippen LogP contribution in [0.1, 0.15) is 61.8 Å². The first-order chi connectivity index (χ1) is 18.3. The van der Waals surface area contributed by atoms with Crippen molar-refractivity contribution < 1.29 is 0 Å². The van der Waals surface area contributed by atoms with Gasteiger partial charge in [0.1, 0.15) is 0 Å². The Labute approximate surface area is 223 Å². The molecular formula is C31H44N6. The highest BCUT2D eigenvalue weighted by atomic mass is 15.1. The van der Waals surface area contributed by atoms with Gasteiger partial charge in [-0.1, -0.05) is 76.2 Å². The second-order valence-electron chi connectivity index (χ2n) is 9.14. The van der Waals surface area contributed by atoms with Crippen LogP contribution in [0.4, 0.5) is 0 Å². The van der Waals surface area contributed by atoms with Crippen molar-refractivity contribution >= 4 is 0 Å². The lowest BCUT2D eigenvalue weighted by atomic mass is 9.90. The summed E-state index contributed by atoms with van der Waals surface area (Å²) in [6.45, 7) is 14.3. The van der Waals surface area contributed by atoms with E-state index in [-0.39, 0.29) is 0 Å². The second kappa shape index (κ2) is 15.1. The van der Waals surface area contributed by atoms with Crippen molar-refractivity contribution in [3.05, 3.63) is 108 Å². The molecule has 2 aromatic carbocycles. The van der Waals surface area contributed by atoms with Gasteiger partial charge >= 0.3 is 0 Å². The summed E-state index contributed by atoms with van der Waals surface area (Å²) >= 11 is 0. The minimum absolute atomic E-state index is 0.555. The Hall–Kier alpha value is -3.22. The van der Waals surface area contributed by atoms with Crippen LogP contribution in [0.2, 0.25) is 0 Å². The van der Waals surface area contributed by atoms with Crippen molar-refractivity contribution in [2.45, 2.75) is 65.7 Å². The fourth-order valence-corrected chi connectivity index (χ4v) is 5.11. The van der Waals surface area contributed by atoms with E-state index in [1.54, 1.807) is 0 Å². The molecule has 6 nitrogen and oxygen atoms in total. The number of imidazole rings is 2. The summed E-state index contributed by atoms with van der Waals surface area (Å²) in [6.07, 6.45) is 11.5. The number of likely N-dealkylation sites (N-methyl/N-ethyl adjacent to an activating group) is 1. The zero-order valence-corrected chi connectivity index (χ0v) is 23.2. The fourth-order valence-electron chi connectivity index (χ4n) is 5.11. The second-order valence-corrected chi connectivity index (χ2v) is 9.14. The molecule has 0 radical (unpaired) electrons. The summed E-state index contributed by atoms with van der Waals surface area (Å²) in [5.74, 6) is 1.12. The van der Waals surface area contributed by atoms with E-state index in [1.165, 1.54) is 22.3 Å². The maximum absolute atomic E-state index is 4.11. The number of aromatic nitrogens is 4. The number of hydrogen-bond donors (Lipinski definition) is 1.